The lowest BCUT2D eigenvalue weighted by Gasteiger charge is -2.02. The molecule has 2 nitrogen and oxygen atoms in total. The second-order valence-electron chi connectivity index (χ2n) is 3.72. The van der Waals surface area contributed by atoms with Gasteiger partial charge in [0.1, 0.15) is 0 Å². The normalized spacial score (nSPS) is 15.9. The number of carbonyl (C=O) groups excluding carboxylic acids is 2. The fraction of sp³-hybridized carbons (Fsp3) is 0.125. The zero-order valence-electron chi connectivity index (χ0n) is 18.0. The first kappa shape index (κ1) is 7.66. The Kier molecular flexibility index (Phi) is 2.66. The van der Waals surface area contributed by atoms with E-state index >= 15 is 0 Å². The molecule has 0 radical (unpaired) electrons. The average Bonchev–Trinajstić information content (AvgIpc) is 2.66. The predicted octanol–water partition coefficient (Wildman–Crippen LogP) is 5.06. The van der Waals surface area contributed by atoms with Gasteiger partial charge < -0.3 is 0 Å². The fourth-order valence-corrected chi connectivity index (χ4v) is 1.75. The van der Waals surface area contributed by atoms with Gasteiger partial charge in [-0.2, -0.15) is 0 Å². The third kappa shape index (κ3) is 4.12. The van der Waals surface area contributed by atoms with Crippen molar-refractivity contribution < 1.29 is 20.6 Å². The van der Waals surface area contributed by atoms with Crippen LogP contribution in [0.5, 0.6) is 0 Å². The van der Waals surface area contributed by atoms with E-state index in [0.29, 0.717) is 0 Å². The van der Waals surface area contributed by atoms with Gasteiger partial charge in [0, 0.05) is 32.9 Å². The highest BCUT2D eigenvalue weighted by molar-refractivity contribution is 9.10. The summed E-state index contributed by atoms with van der Waals surface area (Å²) in [5.74, 6) is -1.57. The molecule has 0 amide bonds. The molecule has 2 aromatic rings. The average molecular weight is 404 g/mol. The van der Waals surface area contributed by atoms with Crippen molar-refractivity contribution in [1.82, 2.24) is 0 Å². The minimum absolute atomic E-state index is 0.0753. The maximum atomic E-state index is 12.4. The summed E-state index contributed by atoms with van der Waals surface area (Å²) in [7, 11) is 0. The van der Waals surface area contributed by atoms with Gasteiger partial charge in [-0.05, 0) is 24.2 Å². The first-order valence-electron chi connectivity index (χ1n) is 9.49. The number of carbonyl (C=O) groups is 2. The number of rotatable bonds is 5. The van der Waals surface area contributed by atoms with Gasteiger partial charge in [0.05, 0.1) is 11.0 Å². The minimum atomic E-state index is -0.787. The molecule has 0 heterocycles. The highest BCUT2D eigenvalue weighted by Gasteiger charge is 2.11. The van der Waals surface area contributed by atoms with Crippen LogP contribution >= 0.6 is 31.9 Å². The molecule has 0 aliphatic carbocycles. The zero-order valence-corrected chi connectivity index (χ0v) is 13.2. The molecular formula is C16H12Br2O2. The zero-order chi connectivity index (χ0) is 21.5. The van der Waals surface area contributed by atoms with Gasteiger partial charge in [-0.1, -0.05) is 56.0 Å². The van der Waals surface area contributed by atoms with Crippen molar-refractivity contribution in [2.75, 3.05) is 0 Å². The first-order chi connectivity index (χ1) is 12.9. The Labute approximate surface area is 145 Å². The third-order valence-corrected chi connectivity index (χ3v) is 3.12. The second-order valence-corrected chi connectivity index (χ2v) is 5.31. The van der Waals surface area contributed by atoms with Crippen molar-refractivity contribution in [2.24, 2.45) is 0 Å². The summed E-state index contributed by atoms with van der Waals surface area (Å²) in [4.78, 5) is 24.9. The van der Waals surface area contributed by atoms with Crippen LogP contribution in [0.25, 0.3) is 0 Å². The third-order valence-electron chi connectivity index (χ3n) is 2.33. The van der Waals surface area contributed by atoms with E-state index in [-0.39, 0.29) is 8.95 Å². The van der Waals surface area contributed by atoms with E-state index in [1.165, 1.54) is 0 Å². The maximum absolute atomic E-state index is 12.4. The number of hydrogen-bond donors (Lipinski definition) is 0. The molecule has 0 unspecified atom stereocenters. The summed E-state index contributed by atoms with van der Waals surface area (Å²) < 4.78 is 62.2. The Bertz CT molecular complexity index is 883. The van der Waals surface area contributed by atoms with E-state index < -0.39 is 83.9 Å². The van der Waals surface area contributed by atoms with Gasteiger partial charge in [0.2, 0.25) is 0 Å². The molecule has 4 heteroatoms. The quantitative estimate of drug-likeness (QED) is 0.654. The molecule has 0 aromatic heterocycles. The largest absolute Gasteiger partial charge is 0.294 e. The number of hydrogen-bond acceptors (Lipinski definition) is 2. The Morgan fingerprint density at radius 1 is 0.750 bits per heavy atom. The monoisotopic (exact) mass is 402 g/mol. The molecule has 0 aliphatic heterocycles. The van der Waals surface area contributed by atoms with Crippen molar-refractivity contribution in [2.45, 2.75) is 12.8 Å². The van der Waals surface area contributed by atoms with Crippen LogP contribution < -0.4 is 0 Å². The fourth-order valence-electron chi connectivity index (χ4n) is 1.35. The minimum Gasteiger partial charge on any atom is -0.294 e. The topological polar surface area (TPSA) is 34.1 Å². The maximum Gasteiger partial charge on any atom is 0.163 e. The lowest BCUT2D eigenvalue weighted by atomic mass is 10.0. The van der Waals surface area contributed by atoms with E-state index in [0.717, 1.165) is 0 Å². The predicted molar refractivity (Wildman–Crippen MR) is 86.2 cm³/mol. The van der Waals surface area contributed by atoms with Crippen molar-refractivity contribution in [3.8, 4) is 0 Å². The second kappa shape index (κ2) is 6.95. The Morgan fingerprint density at radius 2 is 1.05 bits per heavy atom. The first-order valence-corrected chi connectivity index (χ1v) is 7.08. The van der Waals surface area contributed by atoms with Crippen LogP contribution in [0.15, 0.2) is 57.3 Å². The van der Waals surface area contributed by atoms with Crippen molar-refractivity contribution in [3.05, 3.63) is 68.4 Å². The molecule has 2 aromatic carbocycles. The Hall–Kier alpha value is -1.26. The van der Waals surface area contributed by atoms with Crippen molar-refractivity contribution in [3.63, 3.8) is 0 Å². The van der Waals surface area contributed by atoms with Crippen molar-refractivity contribution >= 4 is 43.4 Å². The van der Waals surface area contributed by atoms with Crippen LogP contribution in [0.1, 0.15) is 44.5 Å². The van der Waals surface area contributed by atoms with Crippen molar-refractivity contribution in [1.29, 1.82) is 0 Å². The van der Waals surface area contributed by atoms with Crippen LogP contribution in [-0.4, -0.2) is 11.6 Å². The molecule has 2 rings (SSSR count). The van der Waals surface area contributed by atoms with Crippen LogP contribution in [-0.2, 0) is 0 Å². The van der Waals surface area contributed by atoms with E-state index in [9.17, 15) is 9.59 Å². The standard InChI is InChI=1S/C16H12Br2O2/c17-13-5-1-11(2-6-13)15(19)9-10-16(20)12-3-7-14(18)8-4-12/h1-8H,9-10H2/i1D,2D,3D,4D,5D,6D,7D,8D. The summed E-state index contributed by atoms with van der Waals surface area (Å²) in [5.41, 5.74) is -0.886. The number of Topliss-reactive ketones (excluding diaryl/α,β-unsaturated/α-hetero) is 2. The highest BCUT2D eigenvalue weighted by Crippen LogP contribution is 2.15. The SMILES string of the molecule is [2H]c1c([2H])c(C(=O)CCC(=O)c2c([2H])c([2H])c(Br)c([2H])c2[2H])c([2H])c([2H])c1Br. The van der Waals surface area contributed by atoms with Gasteiger partial charge >= 0.3 is 0 Å². The molecule has 0 aliphatic rings. The smallest absolute Gasteiger partial charge is 0.163 e. The van der Waals surface area contributed by atoms with Gasteiger partial charge in [0.15, 0.2) is 11.6 Å². The number of benzene rings is 2. The molecule has 0 bridgehead atoms. The van der Waals surface area contributed by atoms with E-state index in [4.69, 9.17) is 11.0 Å². The summed E-state index contributed by atoms with van der Waals surface area (Å²) in [6.45, 7) is 0. The van der Waals surface area contributed by atoms with Crippen LogP contribution in [0.3, 0.4) is 0 Å². The van der Waals surface area contributed by atoms with Gasteiger partial charge in [-0.15, -0.1) is 0 Å². The number of halogens is 2. The molecule has 20 heavy (non-hydrogen) atoms. The molecule has 102 valence electrons. The molecule has 0 atom stereocenters. The lowest BCUT2D eigenvalue weighted by molar-refractivity contribution is 0.0917. The van der Waals surface area contributed by atoms with E-state index in [1.54, 1.807) is 0 Å². The summed E-state index contributed by atoms with van der Waals surface area (Å²) in [5, 5.41) is 0. The molecule has 0 saturated carbocycles. The molecule has 0 saturated heterocycles. The van der Waals surface area contributed by atoms with E-state index in [2.05, 4.69) is 31.9 Å². The summed E-state index contributed by atoms with van der Waals surface area (Å²) >= 11 is 5.86. The summed E-state index contributed by atoms with van der Waals surface area (Å²) in [6, 6.07) is -3.77. The highest BCUT2D eigenvalue weighted by atomic mass is 79.9. The van der Waals surface area contributed by atoms with Gasteiger partial charge in [0.25, 0.3) is 0 Å². The Morgan fingerprint density at radius 3 is 1.35 bits per heavy atom. The molecule has 0 N–H and O–H groups in total. The van der Waals surface area contributed by atoms with Crippen LogP contribution in [0.2, 0.25) is 0 Å². The molecule has 0 spiro atoms. The van der Waals surface area contributed by atoms with Crippen LogP contribution in [0.4, 0.5) is 0 Å². The molecule has 0 fully saturated rings. The van der Waals surface area contributed by atoms with Gasteiger partial charge in [-0.25, -0.2) is 0 Å². The van der Waals surface area contributed by atoms with Crippen LogP contribution in [0, 0.1) is 0 Å². The Balaban J connectivity index is 2.34. The lowest BCUT2D eigenvalue weighted by Crippen LogP contribution is -2.05. The number of ketones is 2. The summed E-state index contributed by atoms with van der Waals surface area (Å²) in [6.07, 6.45) is -0.931. The van der Waals surface area contributed by atoms with Gasteiger partial charge in [-0.3, -0.25) is 9.59 Å². The van der Waals surface area contributed by atoms with E-state index in [1.807, 2.05) is 0 Å². The molecular weight excluding hydrogens is 384 g/mol.